The van der Waals surface area contributed by atoms with Gasteiger partial charge in [-0.25, -0.2) is 4.98 Å². The molecule has 2 aromatic heterocycles. The molecule has 3 aromatic rings. The molecule has 0 bridgehead atoms. The molecule has 3 rings (SSSR count). The Morgan fingerprint density at radius 3 is 2.59 bits per heavy atom. The molecule has 2 N–H and O–H groups in total. The maximum absolute atomic E-state index is 5.89. The van der Waals surface area contributed by atoms with Gasteiger partial charge in [-0.2, -0.15) is 4.98 Å². The van der Waals surface area contributed by atoms with Crippen molar-refractivity contribution in [2.45, 2.75) is 13.1 Å². The average molecular weight is 406 g/mol. The van der Waals surface area contributed by atoms with Gasteiger partial charge in [0.1, 0.15) is 0 Å². The maximum Gasteiger partial charge on any atom is 0.246 e. The van der Waals surface area contributed by atoms with Crippen LogP contribution in [-0.2, 0) is 13.1 Å². The van der Waals surface area contributed by atoms with Gasteiger partial charge < -0.3 is 20.1 Å². The van der Waals surface area contributed by atoms with Crippen molar-refractivity contribution in [2.24, 2.45) is 4.99 Å². The van der Waals surface area contributed by atoms with Gasteiger partial charge in [0.05, 0.1) is 18.8 Å². The molecule has 0 fully saturated rings. The lowest BCUT2D eigenvalue weighted by Crippen LogP contribution is -2.36. The van der Waals surface area contributed by atoms with Crippen LogP contribution >= 0.6 is 22.9 Å². The Labute approximate surface area is 166 Å². The molecule has 0 aliphatic rings. The zero-order chi connectivity index (χ0) is 19.2. The molecule has 0 spiro atoms. The Bertz CT molecular complexity index is 904. The third-order valence-electron chi connectivity index (χ3n) is 3.56. The van der Waals surface area contributed by atoms with Crippen molar-refractivity contribution >= 4 is 34.0 Å². The first-order chi connectivity index (χ1) is 13.0. The average Bonchev–Trinajstić information content (AvgIpc) is 3.32. The van der Waals surface area contributed by atoms with Gasteiger partial charge in [0.2, 0.25) is 11.7 Å². The minimum atomic E-state index is 0.361. The van der Waals surface area contributed by atoms with Crippen molar-refractivity contribution in [1.82, 2.24) is 25.8 Å². The van der Waals surface area contributed by atoms with E-state index >= 15 is 0 Å². The molecular weight excluding hydrogens is 386 g/mol. The fraction of sp³-hybridized carbons (Fsp3) is 0.294. The minimum Gasteiger partial charge on any atom is -0.354 e. The molecule has 2 heterocycles. The van der Waals surface area contributed by atoms with E-state index in [9.17, 15) is 0 Å². The van der Waals surface area contributed by atoms with Gasteiger partial charge in [0.25, 0.3) is 0 Å². The third kappa shape index (κ3) is 5.18. The number of guanidine groups is 1. The van der Waals surface area contributed by atoms with E-state index in [2.05, 4.69) is 30.8 Å². The lowest BCUT2D eigenvalue weighted by Gasteiger charge is -2.09. The van der Waals surface area contributed by atoms with Crippen molar-refractivity contribution in [2.75, 3.05) is 26.0 Å². The molecule has 10 heteroatoms. The number of halogens is 1. The molecule has 27 heavy (non-hydrogen) atoms. The van der Waals surface area contributed by atoms with Crippen molar-refractivity contribution in [3.8, 4) is 11.4 Å². The Kier molecular flexibility index (Phi) is 6.25. The van der Waals surface area contributed by atoms with Crippen molar-refractivity contribution in [1.29, 1.82) is 0 Å². The Morgan fingerprint density at radius 1 is 1.19 bits per heavy atom. The van der Waals surface area contributed by atoms with E-state index in [4.69, 9.17) is 16.1 Å². The zero-order valence-electron chi connectivity index (χ0n) is 15.2. The molecule has 8 nitrogen and oxygen atoms in total. The lowest BCUT2D eigenvalue weighted by atomic mass is 10.2. The standard InChI is InChI=1S/C17H20ClN7OS/c1-19-16(20-8-13-10-27-17(22-13)25(2)3)21-9-14-23-15(24-26-14)11-4-6-12(18)7-5-11/h4-7,10H,8-9H2,1-3H3,(H2,19,20,21). The first-order valence-electron chi connectivity index (χ1n) is 8.20. The number of rotatable bonds is 6. The van der Waals surface area contributed by atoms with Gasteiger partial charge in [-0.1, -0.05) is 16.8 Å². The predicted octanol–water partition coefficient (Wildman–Crippen LogP) is 2.78. The first-order valence-corrected chi connectivity index (χ1v) is 9.45. The SMILES string of the molecule is CN=C(NCc1csc(N(C)C)n1)NCc1nc(-c2ccc(Cl)cc2)no1. The summed E-state index contributed by atoms with van der Waals surface area (Å²) in [5.74, 6) is 1.61. The van der Waals surface area contributed by atoms with E-state index in [0.29, 0.717) is 35.8 Å². The summed E-state index contributed by atoms with van der Waals surface area (Å²) in [7, 11) is 5.65. The van der Waals surface area contributed by atoms with E-state index in [0.717, 1.165) is 16.4 Å². The summed E-state index contributed by atoms with van der Waals surface area (Å²) >= 11 is 7.50. The number of hydrogen-bond donors (Lipinski definition) is 2. The number of nitrogens with zero attached hydrogens (tertiary/aromatic N) is 5. The highest BCUT2D eigenvalue weighted by molar-refractivity contribution is 7.13. The molecule has 0 saturated heterocycles. The van der Waals surface area contributed by atoms with Crippen LogP contribution in [0.25, 0.3) is 11.4 Å². The monoisotopic (exact) mass is 405 g/mol. The van der Waals surface area contributed by atoms with Crippen LogP contribution in [0.3, 0.4) is 0 Å². The maximum atomic E-state index is 5.89. The number of aromatic nitrogens is 3. The van der Waals surface area contributed by atoms with Crippen LogP contribution in [0, 0.1) is 0 Å². The highest BCUT2D eigenvalue weighted by Crippen LogP contribution is 2.19. The highest BCUT2D eigenvalue weighted by Gasteiger charge is 2.10. The fourth-order valence-electron chi connectivity index (χ4n) is 2.18. The van der Waals surface area contributed by atoms with Gasteiger partial charge in [0, 0.05) is 37.1 Å². The summed E-state index contributed by atoms with van der Waals surface area (Å²) in [5.41, 5.74) is 1.80. The Balaban J connectivity index is 1.52. The second-order valence-corrected chi connectivity index (χ2v) is 7.09. The molecular formula is C17H20ClN7OS. The van der Waals surface area contributed by atoms with E-state index in [1.807, 2.05) is 36.5 Å². The number of hydrogen-bond acceptors (Lipinski definition) is 7. The molecule has 0 saturated carbocycles. The number of nitrogens with one attached hydrogen (secondary N) is 2. The van der Waals surface area contributed by atoms with Crippen LogP contribution in [0.2, 0.25) is 5.02 Å². The lowest BCUT2D eigenvalue weighted by molar-refractivity contribution is 0.375. The third-order valence-corrected chi connectivity index (χ3v) is 4.87. The summed E-state index contributed by atoms with van der Waals surface area (Å²) in [6.45, 7) is 0.935. The second-order valence-electron chi connectivity index (χ2n) is 5.81. The van der Waals surface area contributed by atoms with Crippen LogP contribution in [0.1, 0.15) is 11.6 Å². The summed E-state index contributed by atoms with van der Waals surface area (Å²) in [5, 5.41) is 14.0. The molecule has 0 aliphatic heterocycles. The van der Waals surface area contributed by atoms with Crippen LogP contribution in [0.5, 0.6) is 0 Å². The molecule has 0 radical (unpaired) electrons. The van der Waals surface area contributed by atoms with Crippen molar-refractivity contribution in [3.63, 3.8) is 0 Å². The summed E-state index contributed by atoms with van der Waals surface area (Å²) in [4.78, 5) is 15.1. The number of anilines is 1. The summed E-state index contributed by atoms with van der Waals surface area (Å²) in [6.07, 6.45) is 0. The van der Waals surface area contributed by atoms with Gasteiger partial charge in [-0.15, -0.1) is 11.3 Å². The predicted molar refractivity (Wildman–Crippen MR) is 108 cm³/mol. The number of aliphatic imine (C=N–C) groups is 1. The van der Waals surface area contributed by atoms with Crippen LogP contribution in [-0.4, -0.2) is 42.2 Å². The Morgan fingerprint density at radius 2 is 1.93 bits per heavy atom. The molecule has 142 valence electrons. The summed E-state index contributed by atoms with van der Waals surface area (Å²) in [6, 6.07) is 7.27. The van der Waals surface area contributed by atoms with Crippen molar-refractivity contribution < 1.29 is 4.52 Å². The molecule has 1 aromatic carbocycles. The number of thiazole rings is 1. The van der Waals surface area contributed by atoms with E-state index < -0.39 is 0 Å². The van der Waals surface area contributed by atoms with Gasteiger partial charge in [0.15, 0.2) is 11.1 Å². The zero-order valence-corrected chi connectivity index (χ0v) is 16.8. The molecule has 0 atom stereocenters. The van der Waals surface area contributed by atoms with Crippen LogP contribution < -0.4 is 15.5 Å². The normalized spacial score (nSPS) is 11.5. The minimum absolute atomic E-state index is 0.361. The van der Waals surface area contributed by atoms with Gasteiger partial charge in [-0.05, 0) is 24.3 Å². The quantitative estimate of drug-likeness (QED) is 0.481. The molecule has 0 aliphatic carbocycles. The number of benzene rings is 1. The molecule has 0 amide bonds. The van der Waals surface area contributed by atoms with E-state index in [1.54, 1.807) is 30.5 Å². The highest BCUT2D eigenvalue weighted by atomic mass is 35.5. The van der Waals surface area contributed by atoms with Crippen LogP contribution in [0.4, 0.5) is 5.13 Å². The van der Waals surface area contributed by atoms with E-state index in [-0.39, 0.29) is 0 Å². The molecule has 0 unspecified atom stereocenters. The smallest absolute Gasteiger partial charge is 0.246 e. The van der Waals surface area contributed by atoms with Crippen molar-refractivity contribution in [3.05, 3.63) is 46.3 Å². The fourth-order valence-corrected chi connectivity index (χ4v) is 3.06. The first kappa shape index (κ1) is 19.1. The summed E-state index contributed by atoms with van der Waals surface area (Å²) < 4.78 is 5.28. The van der Waals surface area contributed by atoms with Crippen LogP contribution in [0.15, 0.2) is 39.2 Å². The van der Waals surface area contributed by atoms with E-state index in [1.165, 1.54) is 0 Å². The largest absolute Gasteiger partial charge is 0.354 e. The van der Waals surface area contributed by atoms with Gasteiger partial charge in [-0.3, -0.25) is 4.99 Å². The Hall–Kier alpha value is -2.65. The van der Waals surface area contributed by atoms with Gasteiger partial charge >= 0.3 is 0 Å². The second kappa shape index (κ2) is 8.83. The topological polar surface area (TPSA) is 91.5 Å².